The molecule has 242 valence electrons. The summed E-state index contributed by atoms with van der Waals surface area (Å²) in [6, 6.07) is 47.3. The number of nitrogen functional groups attached to an aromatic ring is 3. The zero-order chi connectivity index (χ0) is 34.0. The van der Waals surface area contributed by atoms with E-state index in [1.165, 1.54) is 3.57 Å². The van der Waals surface area contributed by atoms with Gasteiger partial charge < -0.3 is 17.2 Å². The van der Waals surface area contributed by atoms with Gasteiger partial charge in [-0.15, -0.1) is 0 Å². The van der Waals surface area contributed by atoms with E-state index in [9.17, 15) is 0 Å². The van der Waals surface area contributed by atoms with Crippen LogP contribution in [0.15, 0.2) is 164 Å². The third-order valence-corrected chi connectivity index (χ3v) is 8.02. The highest BCUT2D eigenvalue weighted by atomic mass is 127. The summed E-state index contributed by atoms with van der Waals surface area (Å²) in [5.41, 5.74) is 25.5. The fraction of sp³-hybridized carbons (Fsp3) is 0. The number of imidazole rings is 1. The fourth-order valence-electron chi connectivity index (χ4n) is 4.99. The molecule has 0 aliphatic heterocycles. The van der Waals surface area contributed by atoms with E-state index >= 15 is 0 Å². The number of rotatable bonds is 2. The lowest BCUT2D eigenvalue weighted by atomic mass is 10.2. The second-order valence-corrected chi connectivity index (χ2v) is 12.2. The standard InChI is InChI=1S/2C13H11N3.C7H6N2.C6H6IN/c14-10-4-3-5-11(8-10)16-9-15-12-6-1-2-7-13(12)16;14-11-5-3-6-12(8-11)16-9-10-4-1-2-7-13(10)15-16;1-2-4-7-6(3-1)5-8-9-7;7-5-2-1-3-6(8)4-5/h2*1-9H,14H2;1-5H,(H,8,9);1-4H,8H2. The highest BCUT2D eigenvalue weighted by Gasteiger charge is 2.04. The summed E-state index contributed by atoms with van der Waals surface area (Å²) < 4.78 is 5.06. The summed E-state index contributed by atoms with van der Waals surface area (Å²) in [6.07, 6.45) is 5.64. The van der Waals surface area contributed by atoms with Crippen LogP contribution < -0.4 is 17.2 Å². The fourth-order valence-corrected chi connectivity index (χ4v) is 5.56. The van der Waals surface area contributed by atoms with E-state index in [-0.39, 0.29) is 0 Å². The lowest BCUT2D eigenvalue weighted by Crippen LogP contribution is -1.95. The quantitative estimate of drug-likeness (QED) is 0.103. The molecule has 10 heteroatoms. The van der Waals surface area contributed by atoms with Crippen LogP contribution >= 0.6 is 22.6 Å². The molecule has 9 rings (SSSR count). The topological polar surface area (TPSA) is 142 Å². The molecule has 0 aliphatic rings. The minimum Gasteiger partial charge on any atom is -0.399 e. The van der Waals surface area contributed by atoms with Crippen molar-refractivity contribution in [3.05, 3.63) is 168 Å². The molecule has 9 aromatic rings. The van der Waals surface area contributed by atoms with Crippen LogP contribution in [-0.2, 0) is 0 Å². The van der Waals surface area contributed by atoms with Crippen molar-refractivity contribution in [3.63, 3.8) is 0 Å². The SMILES string of the molecule is Nc1cccc(-n2cc3ccccc3n2)c1.Nc1cccc(-n2cnc3ccccc32)c1.Nc1cccc(I)c1.c1ccc2[nH]ncc2c1. The van der Waals surface area contributed by atoms with E-state index < -0.39 is 0 Å². The Labute approximate surface area is 297 Å². The third-order valence-electron chi connectivity index (χ3n) is 7.35. The highest BCUT2D eigenvalue weighted by Crippen LogP contribution is 2.19. The van der Waals surface area contributed by atoms with Gasteiger partial charge in [-0.1, -0.05) is 66.7 Å². The van der Waals surface area contributed by atoms with Gasteiger partial charge in [0.05, 0.1) is 34.0 Å². The normalized spacial score (nSPS) is 10.4. The summed E-state index contributed by atoms with van der Waals surface area (Å²) in [4.78, 5) is 4.35. The van der Waals surface area contributed by atoms with E-state index in [1.54, 1.807) is 0 Å². The molecule has 0 bridgehead atoms. The van der Waals surface area contributed by atoms with E-state index in [0.717, 1.165) is 61.3 Å². The Morgan fingerprint density at radius 1 is 0.571 bits per heavy atom. The molecule has 7 N–H and O–H groups in total. The monoisotopic (exact) mass is 755 g/mol. The molecule has 0 radical (unpaired) electrons. The minimum absolute atomic E-state index is 0.747. The molecule has 6 aromatic carbocycles. The zero-order valence-corrected chi connectivity index (χ0v) is 28.6. The summed E-state index contributed by atoms with van der Waals surface area (Å²) in [7, 11) is 0. The van der Waals surface area contributed by atoms with Gasteiger partial charge in [0.25, 0.3) is 0 Å². The predicted octanol–water partition coefficient (Wildman–Crippen LogP) is 8.65. The van der Waals surface area contributed by atoms with Gasteiger partial charge in [0.15, 0.2) is 0 Å². The first-order valence-electron chi connectivity index (χ1n) is 15.4. The molecule has 0 unspecified atom stereocenters. The molecular formula is C39H34IN9. The second-order valence-electron chi connectivity index (χ2n) is 10.9. The number of hydrogen-bond acceptors (Lipinski definition) is 6. The number of anilines is 3. The maximum Gasteiger partial charge on any atom is 0.100 e. The van der Waals surface area contributed by atoms with Crippen LogP contribution in [0.4, 0.5) is 17.1 Å². The molecule has 0 spiro atoms. The van der Waals surface area contributed by atoms with Crippen LogP contribution in [0.25, 0.3) is 44.2 Å². The molecule has 0 aliphatic carbocycles. The average molecular weight is 756 g/mol. The largest absolute Gasteiger partial charge is 0.399 e. The number of nitrogens with one attached hydrogen (secondary N) is 1. The Bertz CT molecular complexity index is 2340. The number of H-pyrrole nitrogens is 1. The van der Waals surface area contributed by atoms with Gasteiger partial charge in [-0.2, -0.15) is 10.2 Å². The summed E-state index contributed by atoms with van der Waals surface area (Å²) in [5.74, 6) is 0. The number of hydrogen-bond donors (Lipinski definition) is 4. The Balaban J connectivity index is 0.000000118. The van der Waals surface area contributed by atoms with Crippen molar-refractivity contribution < 1.29 is 0 Å². The zero-order valence-electron chi connectivity index (χ0n) is 26.4. The van der Waals surface area contributed by atoms with Gasteiger partial charge in [0, 0.05) is 43.3 Å². The number of halogens is 1. The summed E-state index contributed by atoms with van der Waals surface area (Å²) >= 11 is 2.23. The van der Waals surface area contributed by atoms with Crippen LogP contribution in [0.5, 0.6) is 0 Å². The lowest BCUT2D eigenvalue weighted by Gasteiger charge is -2.04. The van der Waals surface area contributed by atoms with Crippen molar-refractivity contribution in [1.82, 2.24) is 29.5 Å². The number of aromatic amines is 1. The summed E-state index contributed by atoms with van der Waals surface area (Å²) in [5, 5.41) is 13.5. The maximum atomic E-state index is 5.78. The molecule has 0 saturated heterocycles. The molecule has 49 heavy (non-hydrogen) atoms. The van der Waals surface area contributed by atoms with Crippen molar-refractivity contribution in [3.8, 4) is 11.4 Å². The third kappa shape index (κ3) is 8.62. The summed E-state index contributed by atoms with van der Waals surface area (Å²) in [6.45, 7) is 0. The molecule has 3 aromatic heterocycles. The van der Waals surface area contributed by atoms with E-state index in [4.69, 9.17) is 17.2 Å². The van der Waals surface area contributed by atoms with Crippen molar-refractivity contribution in [1.29, 1.82) is 0 Å². The van der Waals surface area contributed by atoms with Gasteiger partial charge in [-0.05, 0) is 101 Å². The average Bonchev–Trinajstić information content (AvgIpc) is 3.88. The number of fused-ring (bicyclic) bond motifs is 3. The van der Waals surface area contributed by atoms with Crippen LogP contribution in [0.2, 0.25) is 0 Å². The van der Waals surface area contributed by atoms with Gasteiger partial charge >= 0.3 is 0 Å². The number of para-hydroxylation sites is 3. The van der Waals surface area contributed by atoms with E-state index in [1.807, 2.05) is 174 Å². The van der Waals surface area contributed by atoms with Crippen LogP contribution in [0, 0.1) is 3.57 Å². The van der Waals surface area contributed by atoms with E-state index in [0.29, 0.717) is 0 Å². The van der Waals surface area contributed by atoms with Crippen molar-refractivity contribution in [2.45, 2.75) is 0 Å². The van der Waals surface area contributed by atoms with Gasteiger partial charge in [0.2, 0.25) is 0 Å². The lowest BCUT2D eigenvalue weighted by molar-refractivity contribution is 0.897. The first-order valence-corrected chi connectivity index (χ1v) is 16.5. The van der Waals surface area contributed by atoms with Crippen LogP contribution in [-0.4, -0.2) is 29.5 Å². The van der Waals surface area contributed by atoms with Crippen molar-refractivity contribution in [2.75, 3.05) is 17.2 Å². The predicted molar refractivity (Wildman–Crippen MR) is 211 cm³/mol. The molecule has 0 atom stereocenters. The molecule has 0 amide bonds. The second kappa shape index (κ2) is 15.6. The molecule has 0 saturated carbocycles. The highest BCUT2D eigenvalue weighted by molar-refractivity contribution is 14.1. The Hall–Kier alpha value is -6.14. The molecular weight excluding hydrogens is 721 g/mol. The molecule has 0 fully saturated rings. The van der Waals surface area contributed by atoms with E-state index in [2.05, 4.69) is 42.9 Å². The number of aromatic nitrogens is 6. The number of nitrogens with two attached hydrogens (primary N) is 3. The Morgan fingerprint density at radius 3 is 1.86 bits per heavy atom. The Kier molecular flexibility index (Phi) is 10.5. The Morgan fingerprint density at radius 2 is 1.18 bits per heavy atom. The number of benzene rings is 6. The first-order chi connectivity index (χ1) is 23.9. The molecule has 3 heterocycles. The van der Waals surface area contributed by atoms with Gasteiger partial charge in [0.1, 0.15) is 6.33 Å². The van der Waals surface area contributed by atoms with Gasteiger partial charge in [-0.3, -0.25) is 9.67 Å². The molecule has 9 nitrogen and oxygen atoms in total. The van der Waals surface area contributed by atoms with Crippen molar-refractivity contribution >= 4 is 72.5 Å². The minimum atomic E-state index is 0.747. The van der Waals surface area contributed by atoms with Crippen LogP contribution in [0.3, 0.4) is 0 Å². The first kappa shape index (κ1) is 32.8. The number of nitrogens with zero attached hydrogens (tertiary/aromatic N) is 5. The smallest absolute Gasteiger partial charge is 0.100 e. The van der Waals surface area contributed by atoms with Gasteiger partial charge in [-0.25, -0.2) is 9.67 Å². The van der Waals surface area contributed by atoms with Crippen LogP contribution in [0.1, 0.15) is 0 Å². The maximum absolute atomic E-state index is 5.78. The van der Waals surface area contributed by atoms with Crippen molar-refractivity contribution in [2.24, 2.45) is 0 Å².